The van der Waals surface area contributed by atoms with E-state index in [0.717, 1.165) is 31.2 Å². The summed E-state index contributed by atoms with van der Waals surface area (Å²) >= 11 is 6.15. The molecule has 3 rings (SSSR count). The van der Waals surface area contributed by atoms with Gasteiger partial charge in [-0.3, -0.25) is 4.79 Å². The maximum Gasteiger partial charge on any atom is 0.326 e. The van der Waals surface area contributed by atoms with Crippen LogP contribution in [-0.4, -0.2) is 27.9 Å². The van der Waals surface area contributed by atoms with Crippen molar-refractivity contribution < 1.29 is 14.7 Å². The summed E-state index contributed by atoms with van der Waals surface area (Å²) in [4.78, 5) is 25.7. The number of nitrogens with zero attached hydrogens (tertiary/aromatic N) is 1. The number of carboxylic acids is 1. The van der Waals surface area contributed by atoms with E-state index >= 15 is 0 Å². The van der Waals surface area contributed by atoms with Crippen molar-refractivity contribution in [3.63, 3.8) is 0 Å². The number of rotatable bonds is 4. The zero-order valence-corrected chi connectivity index (χ0v) is 13.2. The van der Waals surface area contributed by atoms with Crippen LogP contribution in [0.4, 0.5) is 0 Å². The second-order valence-electron chi connectivity index (χ2n) is 6.29. The molecule has 0 unspecified atom stereocenters. The van der Waals surface area contributed by atoms with Crippen LogP contribution in [0.25, 0.3) is 0 Å². The van der Waals surface area contributed by atoms with Crippen molar-refractivity contribution in [3.05, 3.63) is 34.3 Å². The largest absolute Gasteiger partial charge is 0.480 e. The number of hydrogen-bond donors (Lipinski definition) is 1. The summed E-state index contributed by atoms with van der Waals surface area (Å²) in [6.45, 7) is 0.303. The molecule has 1 heterocycles. The zero-order chi connectivity index (χ0) is 15.7. The van der Waals surface area contributed by atoms with Gasteiger partial charge in [0.25, 0.3) is 5.91 Å². The molecule has 1 fully saturated rings. The van der Waals surface area contributed by atoms with Crippen molar-refractivity contribution in [2.75, 3.05) is 0 Å². The lowest BCUT2D eigenvalue weighted by atomic mass is 9.84. The number of carbonyl (C=O) groups excluding carboxylic acids is 1. The molecule has 1 saturated carbocycles. The lowest BCUT2D eigenvalue weighted by Gasteiger charge is -2.29. The molecule has 22 heavy (non-hydrogen) atoms. The van der Waals surface area contributed by atoms with Gasteiger partial charge in [-0.15, -0.1) is 0 Å². The highest BCUT2D eigenvalue weighted by atomic mass is 35.5. The van der Waals surface area contributed by atoms with Crippen molar-refractivity contribution in [2.24, 2.45) is 5.92 Å². The summed E-state index contributed by atoms with van der Waals surface area (Å²) in [5.74, 6) is -0.717. The first-order chi connectivity index (χ1) is 10.6. The van der Waals surface area contributed by atoms with Gasteiger partial charge in [0.15, 0.2) is 0 Å². The Bertz CT molecular complexity index is 596. The Hall–Kier alpha value is -1.55. The Balaban J connectivity index is 1.80. The first-order valence-corrected chi connectivity index (χ1v) is 8.27. The fraction of sp³-hybridized carbons (Fsp3) is 0.529. The first-order valence-electron chi connectivity index (χ1n) is 7.89. The van der Waals surface area contributed by atoms with Gasteiger partial charge in [0.2, 0.25) is 0 Å². The SMILES string of the molecule is O=C(O)[C@H](CC1CCCCC1)N1Cc2c(Cl)cccc2C1=O. The van der Waals surface area contributed by atoms with Gasteiger partial charge in [-0.25, -0.2) is 4.79 Å². The van der Waals surface area contributed by atoms with E-state index in [1.54, 1.807) is 18.2 Å². The molecular weight excluding hydrogens is 302 g/mol. The van der Waals surface area contributed by atoms with E-state index in [2.05, 4.69) is 0 Å². The van der Waals surface area contributed by atoms with Gasteiger partial charge in [0.1, 0.15) is 6.04 Å². The number of hydrogen-bond acceptors (Lipinski definition) is 2. The van der Waals surface area contributed by atoms with E-state index in [0.29, 0.717) is 29.5 Å². The highest BCUT2D eigenvalue weighted by molar-refractivity contribution is 6.32. The molecule has 0 saturated heterocycles. The highest BCUT2D eigenvalue weighted by Gasteiger charge is 2.38. The smallest absolute Gasteiger partial charge is 0.326 e. The van der Waals surface area contributed by atoms with Crippen LogP contribution in [0.2, 0.25) is 5.02 Å². The van der Waals surface area contributed by atoms with Gasteiger partial charge >= 0.3 is 5.97 Å². The van der Waals surface area contributed by atoms with Crippen molar-refractivity contribution in [1.29, 1.82) is 0 Å². The standard InChI is InChI=1S/C17H20ClNO3/c18-14-8-4-7-12-13(14)10-19(16(12)20)15(17(21)22)9-11-5-2-1-3-6-11/h4,7-8,11,15H,1-3,5-6,9-10H2,(H,21,22)/t15-/m0/s1. The maximum absolute atomic E-state index is 12.5. The van der Waals surface area contributed by atoms with Gasteiger partial charge in [0.05, 0.1) is 0 Å². The summed E-state index contributed by atoms with van der Waals surface area (Å²) < 4.78 is 0. The third kappa shape index (κ3) is 2.84. The topological polar surface area (TPSA) is 57.6 Å². The molecule has 0 aromatic heterocycles. The molecule has 2 aliphatic rings. The minimum absolute atomic E-state index is 0.208. The van der Waals surface area contributed by atoms with E-state index in [1.165, 1.54) is 11.3 Å². The van der Waals surface area contributed by atoms with Crippen LogP contribution in [0.1, 0.15) is 54.4 Å². The average Bonchev–Trinajstić information content (AvgIpc) is 2.84. The predicted octanol–water partition coefficient (Wildman–Crippen LogP) is 3.72. The Morgan fingerprint density at radius 1 is 1.32 bits per heavy atom. The van der Waals surface area contributed by atoms with Crippen molar-refractivity contribution in [3.8, 4) is 0 Å². The summed E-state index contributed by atoms with van der Waals surface area (Å²) in [6, 6.07) is 4.45. The van der Waals surface area contributed by atoms with Crippen LogP contribution in [0.15, 0.2) is 18.2 Å². The Morgan fingerprint density at radius 2 is 2.05 bits per heavy atom. The van der Waals surface area contributed by atoms with Crippen LogP contribution >= 0.6 is 11.6 Å². The van der Waals surface area contributed by atoms with E-state index in [9.17, 15) is 14.7 Å². The predicted molar refractivity (Wildman–Crippen MR) is 83.9 cm³/mol. The van der Waals surface area contributed by atoms with Crippen LogP contribution < -0.4 is 0 Å². The molecular formula is C17H20ClNO3. The quantitative estimate of drug-likeness (QED) is 0.919. The minimum Gasteiger partial charge on any atom is -0.480 e. The molecule has 0 radical (unpaired) electrons. The Labute approximate surface area is 135 Å². The van der Waals surface area contributed by atoms with Crippen LogP contribution in [0.5, 0.6) is 0 Å². The molecule has 0 spiro atoms. The third-order valence-corrected chi connectivity index (χ3v) is 5.24. The van der Waals surface area contributed by atoms with Crippen LogP contribution in [-0.2, 0) is 11.3 Å². The molecule has 4 nitrogen and oxygen atoms in total. The lowest BCUT2D eigenvalue weighted by molar-refractivity contribution is -0.143. The average molecular weight is 322 g/mol. The fourth-order valence-corrected chi connectivity index (χ4v) is 3.90. The van der Waals surface area contributed by atoms with Crippen molar-refractivity contribution in [2.45, 2.75) is 51.1 Å². The molecule has 1 atom stereocenters. The molecule has 1 aliphatic heterocycles. The van der Waals surface area contributed by atoms with Gasteiger partial charge in [0, 0.05) is 22.7 Å². The van der Waals surface area contributed by atoms with Gasteiger partial charge in [-0.1, -0.05) is 49.8 Å². The van der Waals surface area contributed by atoms with Gasteiger partial charge < -0.3 is 10.0 Å². The van der Waals surface area contributed by atoms with E-state index < -0.39 is 12.0 Å². The molecule has 118 valence electrons. The molecule has 1 aliphatic carbocycles. The van der Waals surface area contributed by atoms with Crippen molar-refractivity contribution >= 4 is 23.5 Å². The monoisotopic (exact) mass is 321 g/mol. The summed E-state index contributed by atoms with van der Waals surface area (Å²) in [7, 11) is 0. The minimum atomic E-state index is -0.914. The Kier molecular flexibility index (Phi) is 4.39. The molecule has 1 aromatic carbocycles. The molecule has 1 amide bonds. The molecule has 5 heteroatoms. The van der Waals surface area contributed by atoms with Gasteiger partial charge in [-0.05, 0) is 24.5 Å². The second-order valence-corrected chi connectivity index (χ2v) is 6.70. The first kappa shape index (κ1) is 15.3. The summed E-state index contributed by atoms with van der Waals surface area (Å²) in [6.07, 6.45) is 6.25. The van der Waals surface area contributed by atoms with E-state index in [-0.39, 0.29) is 5.91 Å². The van der Waals surface area contributed by atoms with Crippen LogP contribution in [0.3, 0.4) is 0 Å². The lowest BCUT2D eigenvalue weighted by Crippen LogP contribution is -2.42. The fourth-order valence-electron chi connectivity index (χ4n) is 3.67. The third-order valence-electron chi connectivity index (χ3n) is 4.88. The number of carboxylic acid groups (broad SMARTS) is 1. The van der Waals surface area contributed by atoms with Crippen LogP contribution in [0, 0.1) is 5.92 Å². The molecule has 1 aromatic rings. The maximum atomic E-state index is 12.5. The zero-order valence-electron chi connectivity index (χ0n) is 12.4. The second kappa shape index (κ2) is 6.29. The van der Waals surface area contributed by atoms with Gasteiger partial charge in [-0.2, -0.15) is 0 Å². The van der Waals surface area contributed by atoms with E-state index in [1.807, 2.05) is 0 Å². The summed E-state index contributed by atoms with van der Waals surface area (Å²) in [5.41, 5.74) is 1.30. The van der Waals surface area contributed by atoms with E-state index in [4.69, 9.17) is 11.6 Å². The summed E-state index contributed by atoms with van der Waals surface area (Å²) in [5, 5.41) is 10.1. The number of carbonyl (C=O) groups is 2. The molecule has 1 N–H and O–H groups in total. The number of aliphatic carboxylic acids is 1. The normalized spacial score (nSPS) is 20.0. The van der Waals surface area contributed by atoms with Crippen molar-refractivity contribution in [1.82, 2.24) is 4.90 Å². The number of fused-ring (bicyclic) bond motifs is 1. The number of amides is 1. The number of halogens is 1. The number of benzene rings is 1. The molecule has 0 bridgehead atoms. The highest BCUT2D eigenvalue weighted by Crippen LogP contribution is 2.34. The Morgan fingerprint density at radius 3 is 2.68 bits per heavy atom.